The first-order valence-electron chi connectivity index (χ1n) is 6.04. The van der Waals surface area contributed by atoms with Crippen LogP contribution in [-0.4, -0.2) is 28.5 Å². The third kappa shape index (κ3) is 4.39. The van der Waals surface area contributed by atoms with E-state index in [1.54, 1.807) is 7.11 Å². The molecule has 98 valence electrons. The molecule has 1 aromatic rings. The van der Waals surface area contributed by atoms with E-state index in [1.807, 2.05) is 0 Å². The molecule has 1 rings (SSSR count). The molecular weight excluding hydrogens is 282 g/mol. The van der Waals surface area contributed by atoms with Crippen LogP contribution in [0.4, 0.5) is 0 Å². The van der Waals surface area contributed by atoms with E-state index in [4.69, 9.17) is 4.74 Å². The lowest BCUT2D eigenvalue weighted by Gasteiger charge is -2.14. The maximum absolute atomic E-state index is 5.16. The summed E-state index contributed by atoms with van der Waals surface area (Å²) >= 11 is 3.46. The Morgan fingerprint density at radius 2 is 1.88 bits per heavy atom. The molecule has 0 saturated heterocycles. The second-order valence-electron chi connectivity index (χ2n) is 4.94. The van der Waals surface area contributed by atoms with Crippen LogP contribution in [0.2, 0.25) is 0 Å². The van der Waals surface area contributed by atoms with Crippen LogP contribution in [0.1, 0.15) is 32.4 Å². The Bertz CT molecular complexity index is 338. The van der Waals surface area contributed by atoms with Gasteiger partial charge in [-0.1, -0.05) is 36.7 Å². The fourth-order valence-corrected chi connectivity index (χ4v) is 2.27. The van der Waals surface area contributed by atoms with Gasteiger partial charge in [-0.05, 0) is 11.8 Å². The van der Waals surface area contributed by atoms with Crippen molar-refractivity contribution in [2.75, 3.05) is 13.7 Å². The van der Waals surface area contributed by atoms with Crippen molar-refractivity contribution >= 4 is 15.9 Å². The highest BCUT2D eigenvalue weighted by atomic mass is 79.9. The van der Waals surface area contributed by atoms with Crippen LogP contribution in [0.25, 0.3) is 0 Å². The zero-order valence-electron chi connectivity index (χ0n) is 11.1. The topological polar surface area (TPSA) is 39.9 Å². The highest BCUT2D eigenvalue weighted by Crippen LogP contribution is 2.13. The van der Waals surface area contributed by atoms with Crippen molar-refractivity contribution in [2.45, 2.75) is 39.1 Å². The number of rotatable bonds is 7. The van der Waals surface area contributed by atoms with Gasteiger partial charge in [-0.25, -0.2) is 0 Å². The van der Waals surface area contributed by atoms with E-state index >= 15 is 0 Å². The summed E-state index contributed by atoms with van der Waals surface area (Å²) in [5.74, 6) is 3.15. The van der Waals surface area contributed by atoms with Crippen LogP contribution in [0.3, 0.4) is 0 Å². The molecule has 0 fully saturated rings. The average molecular weight is 304 g/mol. The SMILES string of the molecule is COCC(C)Cc1nnc(CBr)n1CC(C)C. The molecule has 0 aromatic carbocycles. The van der Waals surface area contributed by atoms with Gasteiger partial charge in [0.05, 0.1) is 5.33 Å². The summed E-state index contributed by atoms with van der Waals surface area (Å²) in [6.07, 6.45) is 0.917. The van der Waals surface area contributed by atoms with Gasteiger partial charge in [-0.15, -0.1) is 10.2 Å². The van der Waals surface area contributed by atoms with Crippen LogP contribution in [0.15, 0.2) is 0 Å². The summed E-state index contributed by atoms with van der Waals surface area (Å²) < 4.78 is 7.39. The van der Waals surface area contributed by atoms with Crippen molar-refractivity contribution in [1.29, 1.82) is 0 Å². The van der Waals surface area contributed by atoms with E-state index in [9.17, 15) is 0 Å². The molecule has 5 heteroatoms. The smallest absolute Gasteiger partial charge is 0.143 e. The Hall–Kier alpha value is -0.420. The monoisotopic (exact) mass is 303 g/mol. The third-order valence-corrected chi connectivity index (χ3v) is 3.06. The lowest BCUT2D eigenvalue weighted by Crippen LogP contribution is -2.15. The van der Waals surface area contributed by atoms with Gasteiger partial charge in [0.2, 0.25) is 0 Å². The van der Waals surface area contributed by atoms with Crippen LogP contribution in [0, 0.1) is 11.8 Å². The molecule has 0 radical (unpaired) electrons. The first-order chi connectivity index (χ1) is 8.08. The fourth-order valence-electron chi connectivity index (χ4n) is 1.85. The third-order valence-electron chi connectivity index (χ3n) is 2.55. The Balaban J connectivity index is 2.79. The lowest BCUT2D eigenvalue weighted by atomic mass is 10.1. The summed E-state index contributed by atoms with van der Waals surface area (Å²) in [6, 6.07) is 0. The van der Waals surface area contributed by atoms with E-state index < -0.39 is 0 Å². The lowest BCUT2D eigenvalue weighted by molar-refractivity contribution is 0.158. The normalized spacial score (nSPS) is 13.3. The summed E-state index contributed by atoms with van der Waals surface area (Å²) in [6.45, 7) is 8.33. The predicted octanol–water partition coefficient (Wildman–Crippen LogP) is 2.65. The van der Waals surface area contributed by atoms with Gasteiger partial charge in [-0.2, -0.15) is 0 Å². The molecule has 0 bridgehead atoms. The minimum absolute atomic E-state index is 0.471. The summed E-state index contributed by atoms with van der Waals surface area (Å²) in [7, 11) is 1.74. The van der Waals surface area contributed by atoms with Crippen molar-refractivity contribution in [1.82, 2.24) is 14.8 Å². The predicted molar refractivity (Wildman–Crippen MR) is 72.2 cm³/mol. The zero-order valence-corrected chi connectivity index (χ0v) is 12.7. The molecule has 1 atom stereocenters. The molecule has 1 heterocycles. The summed E-state index contributed by atoms with van der Waals surface area (Å²) in [4.78, 5) is 0. The Morgan fingerprint density at radius 3 is 2.41 bits per heavy atom. The fraction of sp³-hybridized carbons (Fsp3) is 0.833. The molecule has 0 amide bonds. The van der Waals surface area contributed by atoms with Gasteiger partial charge in [0.15, 0.2) is 0 Å². The molecule has 0 spiro atoms. The maximum Gasteiger partial charge on any atom is 0.143 e. The minimum atomic E-state index is 0.471. The molecular formula is C12H22BrN3O. The molecule has 0 aliphatic carbocycles. The number of hydrogen-bond donors (Lipinski definition) is 0. The van der Waals surface area contributed by atoms with Crippen molar-refractivity contribution < 1.29 is 4.74 Å². The molecule has 4 nitrogen and oxygen atoms in total. The van der Waals surface area contributed by atoms with Gasteiger partial charge in [-0.3, -0.25) is 0 Å². The van der Waals surface area contributed by atoms with Crippen molar-refractivity contribution in [3.8, 4) is 0 Å². The standard InChI is InChI=1S/C12H22BrN3O/c1-9(2)7-16-11(5-10(3)8-17-4)14-15-12(16)6-13/h9-10H,5-8H2,1-4H3. The molecule has 0 aliphatic heterocycles. The number of nitrogens with zero attached hydrogens (tertiary/aromatic N) is 3. The van der Waals surface area contributed by atoms with Crippen LogP contribution < -0.4 is 0 Å². The number of hydrogen-bond acceptors (Lipinski definition) is 3. The Kier molecular flexibility index (Phi) is 6.12. The number of ether oxygens (including phenoxy) is 1. The van der Waals surface area contributed by atoms with E-state index in [2.05, 4.69) is 51.5 Å². The second kappa shape index (κ2) is 7.11. The quantitative estimate of drug-likeness (QED) is 0.727. The van der Waals surface area contributed by atoms with Crippen molar-refractivity contribution in [3.05, 3.63) is 11.6 Å². The number of halogens is 1. The average Bonchev–Trinajstić information content (AvgIpc) is 2.60. The number of methoxy groups -OCH3 is 1. The molecule has 1 aromatic heterocycles. The molecule has 1 unspecified atom stereocenters. The van der Waals surface area contributed by atoms with E-state index in [-0.39, 0.29) is 0 Å². The molecule has 0 saturated carbocycles. The van der Waals surface area contributed by atoms with Crippen LogP contribution in [0.5, 0.6) is 0 Å². The van der Waals surface area contributed by atoms with Crippen molar-refractivity contribution in [3.63, 3.8) is 0 Å². The van der Waals surface area contributed by atoms with Gasteiger partial charge >= 0.3 is 0 Å². The molecule has 0 aliphatic rings. The first-order valence-corrected chi connectivity index (χ1v) is 7.16. The van der Waals surface area contributed by atoms with Crippen molar-refractivity contribution in [2.24, 2.45) is 11.8 Å². The maximum atomic E-state index is 5.16. The van der Waals surface area contributed by atoms with Gasteiger partial charge in [0.25, 0.3) is 0 Å². The Morgan fingerprint density at radius 1 is 1.24 bits per heavy atom. The second-order valence-corrected chi connectivity index (χ2v) is 5.50. The number of aromatic nitrogens is 3. The Labute approximate surface area is 112 Å². The minimum Gasteiger partial charge on any atom is -0.384 e. The first kappa shape index (κ1) is 14.6. The summed E-state index contributed by atoms with van der Waals surface area (Å²) in [5, 5.41) is 9.27. The highest BCUT2D eigenvalue weighted by Gasteiger charge is 2.14. The van der Waals surface area contributed by atoms with E-state index in [0.29, 0.717) is 11.8 Å². The summed E-state index contributed by atoms with van der Waals surface area (Å²) in [5.41, 5.74) is 0. The number of alkyl halides is 1. The largest absolute Gasteiger partial charge is 0.384 e. The van der Waals surface area contributed by atoms with E-state index in [1.165, 1.54) is 0 Å². The van der Waals surface area contributed by atoms with Gasteiger partial charge < -0.3 is 9.30 Å². The molecule has 17 heavy (non-hydrogen) atoms. The highest BCUT2D eigenvalue weighted by molar-refractivity contribution is 9.08. The molecule has 0 N–H and O–H groups in total. The van der Waals surface area contributed by atoms with Gasteiger partial charge in [0.1, 0.15) is 11.6 Å². The zero-order chi connectivity index (χ0) is 12.8. The van der Waals surface area contributed by atoms with Crippen LogP contribution >= 0.6 is 15.9 Å². The van der Waals surface area contributed by atoms with Crippen LogP contribution in [-0.2, 0) is 23.0 Å². The van der Waals surface area contributed by atoms with Gasteiger partial charge in [0, 0.05) is 26.7 Å². The van der Waals surface area contributed by atoms with E-state index in [0.717, 1.165) is 36.6 Å².